The molecule has 1 heterocycles. The summed E-state index contributed by atoms with van der Waals surface area (Å²) in [4.78, 5) is 29.9. The highest BCUT2D eigenvalue weighted by Gasteiger charge is 2.26. The number of nitrogens with zero attached hydrogens (tertiary/aromatic N) is 3. The molecule has 1 aromatic rings. The molecule has 0 unspecified atom stereocenters. The average Bonchev–Trinajstić information content (AvgIpc) is 2.62. The van der Waals surface area contributed by atoms with Gasteiger partial charge in [0.05, 0.1) is 5.02 Å². The molecule has 0 bridgehead atoms. The number of carbonyl (C=O) groups excluding carboxylic acids is 2. The van der Waals surface area contributed by atoms with Crippen molar-refractivity contribution in [2.75, 3.05) is 45.9 Å². The second-order valence-electron chi connectivity index (χ2n) is 5.54. The molecule has 0 aliphatic carbocycles. The Labute approximate surface area is 147 Å². The first-order chi connectivity index (χ1) is 11.6. The van der Waals surface area contributed by atoms with Gasteiger partial charge in [-0.15, -0.1) is 0 Å². The van der Waals surface area contributed by atoms with Crippen LogP contribution in [0.5, 0.6) is 5.75 Å². The number of urea groups is 1. The molecule has 6 nitrogen and oxygen atoms in total. The number of hydrogen-bond donors (Lipinski definition) is 0. The summed E-state index contributed by atoms with van der Waals surface area (Å²) >= 11 is 6.01. The molecule has 0 saturated carbocycles. The Morgan fingerprint density at radius 2 is 1.67 bits per heavy atom. The summed E-state index contributed by atoms with van der Waals surface area (Å²) in [6.45, 7) is 7.42. The molecular formula is C17H24ClN3O3. The molecule has 24 heavy (non-hydrogen) atoms. The number of halogens is 1. The predicted molar refractivity (Wildman–Crippen MR) is 93.4 cm³/mol. The summed E-state index contributed by atoms with van der Waals surface area (Å²) in [7, 11) is 0. The van der Waals surface area contributed by atoms with E-state index in [1.807, 2.05) is 26.0 Å². The van der Waals surface area contributed by atoms with Gasteiger partial charge < -0.3 is 19.4 Å². The highest BCUT2D eigenvalue weighted by molar-refractivity contribution is 6.32. The van der Waals surface area contributed by atoms with Crippen molar-refractivity contribution in [2.24, 2.45) is 0 Å². The van der Waals surface area contributed by atoms with E-state index in [-0.39, 0.29) is 18.5 Å². The molecule has 1 fully saturated rings. The third-order valence-electron chi connectivity index (χ3n) is 4.12. The Balaban J connectivity index is 1.80. The number of benzene rings is 1. The Morgan fingerprint density at radius 3 is 2.25 bits per heavy atom. The van der Waals surface area contributed by atoms with Crippen LogP contribution in [0.1, 0.15) is 13.8 Å². The van der Waals surface area contributed by atoms with E-state index in [9.17, 15) is 9.59 Å². The molecule has 0 radical (unpaired) electrons. The summed E-state index contributed by atoms with van der Waals surface area (Å²) in [6, 6.07) is 7.11. The smallest absolute Gasteiger partial charge is 0.320 e. The van der Waals surface area contributed by atoms with Gasteiger partial charge in [-0.3, -0.25) is 4.79 Å². The maximum Gasteiger partial charge on any atom is 0.320 e. The van der Waals surface area contributed by atoms with Gasteiger partial charge in [0.15, 0.2) is 6.61 Å². The Kier molecular flexibility index (Phi) is 6.73. The lowest BCUT2D eigenvalue weighted by Gasteiger charge is -2.37. The average molecular weight is 354 g/mol. The second kappa shape index (κ2) is 8.78. The molecule has 1 saturated heterocycles. The number of carbonyl (C=O) groups is 2. The van der Waals surface area contributed by atoms with Crippen LogP contribution >= 0.6 is 11.6 Å². The van der Waals surface area contributed by atoms with Crippen LogP contribution in [0.4, 0.5) is 4.79 Å². The molecule has 7 heteroatoms. The van der Waals surface area contributed by atoms with Gasteiger partial charge in [-0.05, 0) is 26.0 Å². The first-order valence-corrected chi connectivity index (χ1v) is 8.63. The summed E-state index contributed by atoms with van der Waals surface area (Å²) in [6.07, 6.45) is 0. The first kappa shape index (κ1) is 18.4. The standard InChI is InChI=1S/C17H24ClN3O3/c1-3-19(4-2)17(23)21-11-9-20(10-12-21)16(22)13-24-15-8-6-5-7-14(15)18/h5-8H,3-4,9-13H2,1-2H3. The van der Waals surface area contributed by atoms with Gasteiger partial charge in [-0.1, -0.05) is 23.7 Å². The highest BCUT2D eigenvalue weighted by atomic mass is 35.5. The number of para-hydroxylation sites is 1. The fourth-order valence-corrected chi connectivity index (χ4v) is 2.82. The van der Waals surface area contributed by atoms with E-state index < -0.39 is 0 Å². The van der Waals surface area contributed by atoms with Crippen molar-refractivity contribution in [3.63, 3.8) is 0 Å². The van der Waals surface area contributed by atoms with E-state index in [1.165, 1.54) is 0 Å². The van der Waals surface area contributed by atoms with Crippen LogP contribution in [0.2, 0.25) is 5.02 Å². The molecule has 0 aromatic heterocycles. The molecule has 1 aliphatic rings. The fraction of sp³-hybridized carbons (Fsp3) is 0.529. The van der Waals surface area contributed by atoms with Crippen LogP contribution in [-0.4, -0.2) is 72.5 Å². The van der Waals surface area contributed by atoms with Crippen molar-refractivity contribution in [3.05, 3.63) is 29.3 Å². The van der Waals surface area contributed by atoms with Gasteiger partial charge in [0, 0.05) is 39.3 Å². The number of piperazine rings is 1. The van der Waals surface area contributed by atoms with E-state index in [2.05, 4.69) is 0 Å². The molecule has 0 spiro atoms. The zero-order valence-corrected chi connectivity index (χ0v) is 15.0. The third kappa shape index (κ3) is 4.54. The molecule has 2 rings (SSSR count). The fourth-order valence-electron chi connectivity index (χ4n) is 2.63. The van der Waals surface area contributed by atoms with Crippen molar-refractivity contribution in [1.82, 2.24) is 14.7 Å². The lowest BCUT2D eigenvalue weighted by Crippen LogP contribution is -2.54. The minimum atomic E-state index is -0.0927. The van der Waals surface area contributed by atoms with Crippen LogP contribution in [0.25, 0.3) is 0 Å². The van der Waals surface area contributed by atoms with Crippen LogP contribution in [0.3, 0.4) is 0 Å². The van der Waals surface area contributed by atoms with E-state index in [4.69, 9.17) is 16.3 Å². The van der Waals surface area contributed by atoms with Gasteiger partial charge in [-0.25, -0.2) is 4.79 Å². The van der Waals surface area contributed by atoms with Crippen LogP contribution in [0, 0.1) is 0 Å². The predicted octanol–water partition coefficient (Wildman–Crippen LogP) is 2.32. The Hall–Kier alpha value is -1.95. The maximum atomic E-state index is 12.3. The first-order valence-electron chi connectivity index (χ1n) is 8.25. The van der Waals surface area contributed by atoms with Crippen LogP contribution < -0.4 is 4.74 Å². The highest BCUT2D eigenvalue weighted by Crippen LogP contribution is 2.23. The van der Waals surface area contributed by atoms with Crippen LogP contribution in [-0.2, 0) is 4.79 Å². The normalized spacial score (nSPS) is 14.5. The molecule has 0 atom stereocenters. The molecule has 3 amide bonds. The van der Waals surface area contributed by atoms with Gasteiger partial charge in [0.2, 0.25) is 0 Å². The van der Waals surface area contributed by atoms with Crippen molar-refractivity contribution in [3.8, 4) is 5.75 Å². The molecule has 0 N–H and O–H groups in total. The minimum absolute atomic E-state index is 0.0411. The van der Waals surface area contributed by atoms with Crippen molar-refractivity contribution >= 4 is 23.5 Å². The van der Waals surface area contributed by atoms with E-state index in [1.54, 1.807) is 26.8 Å². The zero-order chi connectivity index (χ0) is 17.5. The number of hydrogen-bond acceptors (Lipinski definition) is 3. The lowest BCUT2D eigenvalue weighted by atomic mass is 10.3. The third-order valence-corrected chi connectivity index (χ3v) is 4.44. The summed E-state index contributed by atoms with van der Waals surface area (Å²) in [5, 5.41) is 0.486. The minimum Gasteiger partial charge on any atom is -0.482 e. The number of rotatable bonds is 5. The molecular weight excluding hydrogens is 330 g/mol. The SMILES string of the molecule is CCN(CC)C(=O)N1CCN(C(=O)COc2ccccc2Cl)CC1. The van der Waals surface area contributed by atoms with Gasteiger partial charge in [-0.2, -0.15) is 0 Å². The number of ether oxygens (including phenoxy) is 1. The lowest BCUT2D eigenvalue weighted by molar-refractivity contribution is -0.134. The van der Waals surface area contributed by atoms with E-state index >= 15 is 0 Å². The zero-order valence-electron chi connectivity index (χ0n) is 14.2. The van der Waals surface area contributed by atoms with Crippen molar-refractivity contribution < 1.29 is 14.3 Å². The molecule has 1 aromatic carbocycles. The summed E-state index contributed by atoms with van der Waals surface area (Å²) in [5.74, 6) is 0.410. The van der Waals surface area contributed by atoms with Gasteiger partial charge in [0.1, 0.15) is 5.75 Å². The van der Waals surface area contributed by atoms with Crippen molar-refractivity contribution in [1.29, 1.82) is 0 Å². The van der Waals surface area contributed by atoms with Gasteiger partial charge in [0.25, 0.3) is 5.91 Å². The second-order valence-corrected chi connectivity index (χ2v) is 5.95. The monoisotopic (exact) mass is 353 g/mol. The Morgan fingerprint density at radius 1 is 1.08 bits per heavy atom. The summed E-state index contributed by atoms with van der Waals surface area (Å²) < 4.78 is 5.49. The van der Waals surface area contributed by atoms with E-state index in [0.717, 1.165) is 0 Å². The Bertz CT molecular complexity index is 570. The topological polar surface area (TPSA) is 53.1 Å². The van der Waals surface area contributed by atoms with Crippen LogP contribution in [0.15, 0.2) is 24.3 Å². The maximum absolute atomic E-state index is 12.3. The largest absolute Gasteiger partial charge is 0.482 e. The van der Waals surface area contributed by atoms with Crippen molar-refractivity contribution in [2.45, 2.75) is 13.8 Å². The van der Waals surface area contributed by atoms with E-state index in [0.29, 0.717) is 50.0 Å². The molecule has 1 aliphatic heterocycles. The number of amides is 3. The van der Waals surface area contributed by atoms with Gasteiger partial charge >= 0.3 is 6.03 Å². The molecule has 132 valence electrons. The quantitative estimate of drug-likeness (QED) is 0.816. The summed E-state index contributed by atoms with van der Waals surface area (Å²) in [5.41, 5.74) is 0.